The summed E-state index contributed by atoms with van der Waals surface area (Å²) in [5, 5.41) is 0. The molecular formula is C11H14N+. The molecule has 0 aromatic heterocycles. The molecule has 2 rings (SSSR count). The Morgan fingerprint density at radius 3 is 2.08 bits per heavy atom. The molecule has 1 nitrogen and oxygen atoms in total. The topological polar surface area (TPSA) is 0 Å². The lowest BCUT2D eigenvalue weighted by molar-refractivity contribution is -0.881. The van der Waals surface area contributed by atoms with Crippen molar-refractivity contribution in [2.45, 2.75) is 0 Å². The molecule has 62 valence electrons. The lowest BCUT2D eigenvalue weighted by Crippen LogP contribution is -2.43. The van der Waals surface area contributed by atoms with Crippen LogP contribution in [0.15, 0.2) is 41.2 Å². The summed E-state index contributed by atoms with van der Waals surface area (Å²) in [6.45, 7) is 2.20. The van der Waals surface area contributed by atoms with Gasteiger partial charge in [-0.2, -0.15) is 0 Å². The van der Waals surface area contributed by atoms with Crippen LogP contribution in [0, 0.1) is 0 Å². The second-order valence-electron chi connectivity index (χ2n) is 4.15. The number of allylic oxidation sites excluding steroid dienone is 2. The van der Waals surface area contributed by atoms with Crippen molar-refractivity contribution in [3.8, 4) is 0 Å². The van der Waals surface area contributed by atoms with Crippen LogP contribution in [-0.2, 0) is 0 Å². The maximum Gasteiger partial charge on any atom is 0.111 e. The predicted octanol–water partition coefficient (Wildman–Crippen LogP) is 1.65. The van der Waals surface area contributed by atoms with E-state index < -0.39 is 0 Å². The Morgan fingerprint density at radius 2 is 1.58 bits per heavy atom. The molecule has 0 atom stereocenters. The van der Waals surface area contributed by atoms with Crippen molar-refractivity contribution in [1.29, 1.82) is 0 Å². The Hall–Kier alpha value is -1.04. The van der Waals surface area contributed by atoms with Gasteiger partial charge in [-0.25, -0.2) is 0 Å². The monoisotopic (exact) mass is 160 g/mol. The first kappa shape index (κ1) is 7.60. The van der Waals surface area contributed by atoms with Crippen LogP contribution in [-0.4, -0.2) is 31.7 Å². The van der Waals surface area contributed by atoms with Crippen molar-refractivity contribution in [3.63, 3.8) is 0 Å². The summed E-state index contributed by atoms with van der Waals surface area (Å²) in [6.07, 6.45) is 8.51. The predicted molar refractivity (Wildman–Crippen MR) is 50.7 cm³/mol. The minimum Gasteiger partial charge on any atom is -0.320 e. The minimum absolute atomic E-state index is 1.05. The molecule has 0 saturated heterocycles. The van der Waals surface area contributed by atoms with Crippen molar-refractivity contribution in [2.75, 3.05) is 27.2 Å². The zero-order valence-corrected chi connectivity index (χ0v) is 7.67. The Bertz CT molecular complexity index is 295. The van der Waals surface area contributed by atoms with Crippen LogP contribution in [0.4, 0.5) is 0 Å². The molecule has 0 spiro atoms. The van der Waals surface area contributed by atoms with Crippen molar-refractivity contribution in [2.24, 2.45) is 0 Å². The molecule has 1 aliphatic heterocycles. The van der Waals surface area contributed by atoms with Gasteiger partial charge in [0.1, 0.15) is 13.1 Å². The van der Waals surface area contributed by atoms with E-state index in [2.05, 4.69) is 44.1 Å². The maximum atomic E-state index is 3.42. The highest BCUT2D eigenvalue weighted by Gasteiger charge is 2.21. The number of rotatable bonds is 0. The quantitative estimate of drug-likeness (QED) is 0.373. The Kier molecular flexibility index (Phi) is 1.57. The average molecular weight is 160 g/mol. The van der Waals surface area contributed by atoms with Gasteiger partial charge in [0.15, 0.2) is 0 Å². The first-order valence-electron chi connectivity index (χ1n) is 4.31. The molecular weight excluding hydrogens is 146 g/mol. The van der Waals surface area contributed by atoms with E-state index in [1.807, 2.05) is 0 Å². The molecule has 0 N–H and O–H groups in total. The van der Waals surface area contributed by atoms with Gasteiger partial charge < -0.3 is 4.48 Å². The second kappa shape index (κ2) is 2.48. The highest BCUT2D eigenvalue weighted by Crippen LogP contribution is 2.17. The van der Waals surface area contributed by atoms with Crippen LogP contribution in [0.1, 0.15) is 0 Å². The summed E-state index contributed by atoms with van der Waals surface area (Å²) < 4.78 is 1.05. The van der Waals surface area contributed by atoms with Gasteiger partial charge in [0.05, 0.1) is 14.1 Å². The summed E-state index contributed by atoms with van der Waals surface area (Å²) in [4.78, 5) is 0. The fourth-order valence-corrected chi connectivity index (χ4v) is 1.80. The van der Waals surface area contributed by atoms with E-state index in [1.165, 1.54) is 11.1 Å². The standard InChI is InChI=1S/C11H14N/c1-12(2)8-10-5-3-4-6-11(7-10)9-12/h3-6H,8-9H2,1-2H3/q+1. The maximum absolute atomic E-state index is 3.42. The largest absolute Gasteiger partial charge is 0.320 e. The van der Waals surface area contributed by atoms with E-state index in [1.54, 1.807) is 0 Å². The van der Waals surface area contributed by atoms with Crippen molar-refractivity contribution in [1.82, 2.24) is 0 Å². The zero-order chi connectivity index (χ0) is 8.60. The van der Waals surface area contributed by atoms with Gasteiger partial charge in [-0.15, -0.1) is 5.73 Å². The summed E-state index contributed by atoms with van der Waals surface area (Å²) in [7, 11) is 4.52. The fraction of sp³-hybridized carbons (Fsp3) is 0.364. The molecule has 12 heavy (non-hydrogen) atoms. The van der Waals surface area contributed by atoms with Crippen LogP contribution < -0.4 is 0 Å². The smallest absolute Gasteiger partial charge is 0.111 e. The van der Waals surface area contributed by atoms with Crippen molar-refractivity contribution >= 4 is 0 Å². The second-order valence-corrected chi connectivity index (χ2v) is 4.15. The van der Waals surface area contributed by atoms with Gasteiger partial charge in [-0.3, -0.25) is 0 Å². The highest BCUT2D eigenvalue weighted by atomic mass is 15.3. The number of likely N-dealkylation sites (N-methyl/N-ethyl adjacent to an activating group) is 1. The third kappa shape index (κ3) is 1.42. The van der Waals surface area contributed by atoms with E-state index in [-0.39, 0.29) is 0 Å². The molecule has 0 unspecified atom stereocenters. The summed E-state index contributed by atoms with van der Waals surface area (Å²) in [6, 6.07) is 0. The number of nitrogens with zero attached hydrogens (tertiary/aromatic N) is 1. The van der Waals surface area contributed by atoms with Crippen LogP contribution in [0.2, 0.25) is 0 Å². The molecule has 1 aliphatic carbocycles. The lowest BCUT2D eigenvalue weighted by atomic mass is 10.1. The van der Waals surface area contributed by atoms with Crippen LogP contribution in [0.3, 0.4) is 0 Å². The third-order valence-electron chi connectivity index (χ3n) is 2.22. The van der Waals surface area contributed by atoms with Gasteiger partial charge in [-0.1, -0.05) is 12.2 Å². The molecule has 1 heterocycles. The normalized spacial score (nSPS) is 24.5. The molecule has 0 aromatic rings. The van der Waals surface area contributed by atoms with Crippen LogP contribution >= 0.6 is 0 Å². The van der Waals surface area contributed by atoms with Gasteiger partial charge in [0, 0.05) is 11.1 Å². The van der Waals surface area contributed by atoms with E-state index >= 15 is 0 Å². The molecule has 0 amide bonds. The highest BCUT2D eigenvalue weighted by molar-refractivity contribution is 5.35. The van der Waals surface area contributed by atoms with Gasteiger partial charge in [0.25, 0.3) is 0 Å². The third-order valence-corrected chi connectivity index (χ3v) is 2.22. The molecule has 0 fully saturated rings. The van der Waals surface area contributed by atoms with Gasteiger partial charge in [0.2, 0.25) is 0 Å². The van der Waals surface area contributed by atoms with Crippen LogP contribution in [0.25, 0.3) is 0 Å². The molecule has 2 bridgehead atoms. The van der Waals surface area contributed by atoms with Crippen molar-refractivity contribution in [3.05, 3.63) is 41.2 Å². The summed E-state index contributed by atoms with van der Waals surface area (Å²) >= 11 is 0. The van der Waals surface area contributed by atoms with Gasteiger partial charge >= 0.3 is 0 Å². The molecule has 1 heteroatoms. The van der Waals surface area contributed by atoms with E-state index in [9.17, 15) is 0 Å². The van der Waals surface area contributed by atoms with Crippen molar-refractivity contribution < 1.29 is 4.48 Å². The average Bonchev–Trinajstić information content (AvgIpc) is 2.09. The number of quaternary nitrogens is 1. The molecule has 0 aromatic carbocycles. The first-order chi connectivity index (χ1) is 5.66. The van der Waals surface area contributed by atoms with Gasteiger partial charge in [-0.05, 0) is 12.2 Å². The number of hydrogen-bond donors (Lipinski definition) is 0. The molecule has 2 aliphatic rings. The Labute approximate surface area is 73.6 Å². The number of hydrogen-bond acceptors (Lipinski definition) is 0. The van der Waals surface area contributed by atoms with Crippen LogP contribution in [0.5, 0.6) is 0 Å². The zero-order valence-electron chi connectivity index (χ0n) is 7.67. The fourth-order valence-electron chi connectivity index (χ4n) is 1.80. The SMILES string of the molecule is C[N+]1(C)CC2=C=C(C=CC=C2)C1. The van der Waals surface area contributed by atoms with E-state index in [0.29, 0.717) is 0 Å². The first-order valence-corrected chi connectivity index (χ1v) is 4.31. The van der Waals surface area contributed by atoms with E-state index in [4.69, 9.17) is 0 Å². The Morgan fingerprint density at radius 1 is 1.08 bits per heavy atom. The summed E-state index contributed by atoms with van der Waals surface area (Å²) in [5.41, 5.74) is 6.07. The Balaban J connectivity index is 2.42. The van der Waals surface area contributed by atoms with E-state index in [0.717, 1.165) is 17.6 Å². The summed E-state index contributed by atoms with van der Waals surface area (Å²) in [5.74, 6) is 0. The molecule has 0 radical (unpaired) electrons. The minimum atomic E-state index is 1.05. The molecule has 0 saturated carbocycles. The lowest BCUT2D eigenvalue weighted by Gasteiger charge is -2.31.